The van der Waals surface area contributed by atoms with Crippen LogP contribution in [0.25, 0.3) is 5.69 Å². The zero-order chi connectivity index (χ0) is 36.0. The van der Waals surface area contributed by atoms with Gasteiger partial charge in [-0.25, -0.2) is 23.7 Å². The van der Waals surface area contributed by atoms with Gasteiger partial charge >= 0.3 is 5.69 Å². The highest BCUT2D eigenvalue weighted by molar-refractivity contribution is 6.35. The van der Waals surface area contributed by atoms with E-state index >= 15 is 0 Å². The summed E-state index contributed by atoms with van der Waals surface area (Å²) in [7, 11) is 1.00. The van der Waals surface area contributed by atoms with Crippen LogP contribution in [0.5, 0.6) is 5.75 Å². The molecule has 0 radical (unpaired) electrons. The van der Waals surface area contributed by atoms with Crippen LogP contribution in [0.4, 0.5) is 11.4 Å². The molecule has 2 saturated heterocycles. The van der Waals surface area contributed by atoms with Crippen LogP contribution in [-0.2, 0) is 21.8 Å². The third-order valence-electron chi connectivity index (χ3n) is 9.15. The summed E-state index contributed by atoms with van der Waals surface area (Å²) in [5.74, 6) is -0.410. The number of piperazine rings is 1. The molecule has 0 spiro atoms. The zero-order valence-electron chi connectivity index (χ0n) is 28.8. The van der Waals surface area contributed by atoms with E-state index in [1.54, 1.807) is 34.0 Å². The normalized spacial score (nSPS) is 19.5. The molecule has 3 aromatic carbocycles. The molecule has 15 heteroatoms. The van der Waals surface area contributed by atoms with Crippen molar-refractivity contribution in [2.75, 3.05) is 56.3 Å². The highest BCUT2D eigenvalue weighted by Gasteiger charge is 2.45. The highest BCUT2D eigenvalue weighted by Crippen LogP contribution is 2.40. The van der Waals surface area contributed by atoms with Crippen LogP contribution in [0.15, 0.2) is 90.5 Å². The number of anilines is 2. The quantitative estimate of drug-likeness (QED) is 0.194. The average molecular weight is 738 g/mol. The molecule has 0 bridgehead atoms. The van der Waals surface area contributed by atoms with E-state index in [9.17, 15) is 4.79 Å². The van der Waals surface area contributed by atoms with Crippen molar-refractivity contribution in [2.24, 2.45) is 0 Å². The molecule has 13 nitrogen and oxygen atoms in total. The molecule has 1 unspecified atom stereocenters. The molecule has 0 saturated carbocycles. The van der Waals surface area contributed by atoms with Gasteiger partial charge in [-0.2, -0.15) is 10.2 Å². The fourth-order valence-electron chi connectivity index (χ4n) is 6.24. The molecule has 1 N–H and O–H groups in total. The van der Waals surface area contributed by atoms with E-state index in [0.717, 1.165) is 62.5 Å². The first-order valence-electron chi connectivity index (χ1n) is 16.9. The molecule has 2 aromatic heterocycles. The maximum atomic E-state index is 12.8. The van der Waals surface area contributed by atoms with Crippen LogP contribution in [-0.4, -0.2) is 86.8 Å². The van der Waals surface area contributed by atoms with Gasteiger partial charge in [-0.05, 0) is 74.0 Å². The second-order valence-electron chi connectivity index (χ2n) is 12.3. The third kappa shape index (κ3) is 8.08. The molecule has 2 aliphatic heterocycles. The van der Waals surface area contributed by atoms with E-state index < -0.39 is 5.79 Å². The van der Waals surface area contributed by atoms with Crippen LogP contribution in [0.1, 0.15) is 31.9 Å². The lowest BCUT2D eigenvalue weighted by molar-refractivity contribution is -0.190. The Hall–Kier alpha value is -4.40. The highest BCUT2D eigenvalue weighted by atomic mass is 35.5. The summed E-state index contributed by atoms with van der Waals surface area (Å²) in [6, 6.07) is 21.6. The van der Waals surface area contributed by atoms with E-state index in [0.29, 0.717) is 28.8 Å². The van der Waals surface area contributed by atoms with Crippen molar-refractivity contribution < 1.29 is 19.3 Å². The van der Waals surface area contributed by atoms with Crippen molar-refractivity contribution in [3.05, 3.63) is 112 Å². The summed E-state index contributed by atoms with van der Waals surface area (Å²) in [6.07, 6.45) is 5.19. The van der Waals surface area contributed by atoms with Gasteiger partial charge in [0.2, 0.25) is 5.79 Å². The number of aliphatic hydroxyl groups excluding tert-OH is 1. The number of benzene rings is 3. The smallest absolute Gasteiger partial charge is 0.350 e. The predicted molar refractivity (Wildman–Crippen MR) is 196 cm³/mol. The second-order valence-corrected chi connectivity index (χ2v) is 13.1. The van der Waals surface area contributed by atoms with Crippen LogP contribution in [0.2, 0.25) is 10.0 Å². The van der Waals surface area contributed by atoms with Gasteiger partial charge in [-0.15, -0.1) is 0 Å². The van der Waals surface area contributed by atoms with Crippen LogP contribution < -0.4 is 20.2 Å². The van der Waals surface area contributed by atoms with E-state index in [-0.39, 0.29) is 24.4 Å². The first-order valence-corrected chi connectivity index (χ1v) is 17.6. The Morgan fingerprint density at radius 2 is 1.57 bits per heavy atom. The summed E-state index contributed by atoms with van der Waals surface area (Å²) in [5.41, 5.74) is 3.64. The van der Waals surface area contributed by atoms with Crippen LogP contribution in [0.3, 0.4) is 0 Å². The minimum Gasteiger partial charge on any atom is -0.491 e. The fraction of sp³-hybridized carbons (Fsp3) is 0.389. The van der Waals surface area contributed by atoms with E-state index in [4.69, 9.17) is 42.5 Å². The Balaban J connectivity index is 0.00000220. The Bertz CT molecular complexity index is 1910. The number of hydrogen-bond acceptors (Lipinski definition) is 10. The number of aliphatic hydroxyl groups is 1. The molecule has 7 rings (SSSR count). The Kier molecular flexibility index (Phi) is 11.6. The van der Waals surface area contributed by atoms with Crippen LogP contribution >= 0.6 is 23.2 Å². The summed E-state index contributed by atoms with van der Waals surface area (Å²) >= 11 is 12.7. The molecule has 0 amide bonds. The van der Waals surface area contributed by atoms with Gasteiger partial charge in [0.25, 0.3) is 0 Å². The second kappa shape index (κ2) is 16.3. The lowest BCUT2D eigenvalue weighted by atomic mass is 10.1. The molecule has 2 fully saturated rings. The van der Waals surface area contributed by atoms with Crippen molar-refractivity contribution in [2.45, 2.75) is 44.7 Å². The van der Waals surface area contributed by atoms with Gasteiger partial charge in [0, 0.05) is 55.2 Å². The first-order chi connectivity index (χ1) is 24.8. The maximum Gasteiger partial charge on any atom is 0.350 e. The molecule has 5 aromatic rings. The SMILES string of the molecule is CCC(C)n1ncn(-c2ccc(N3CCN(c4ccc(OC[C@H]5CO[C@](Cn6cncn6)(c6ccc(Cl)cc6Cl)O5)cc4)CC3)cc2)c1=O.CO. The molecule has 51 heavy (non-hydrogen) atoms. The number of rotatable bonds is 11. The predicted octanol–water partition coefficient (Wildman–Crippen LogP) is 5.19. The number of nitrogens with zero attached hydrogens (tertiary/aromatic N) is 8. The summed E-state index contributed by atoms with van der Waals surface area (Å²) < 4.78 is 23.7. The molecule has 4 heterocycles. The largest absolute Gasteiger partial charge is 0.491 e. The molecule has 0 aliphatic carbocycles. The lowest BCUT2D eigenvalue weighted by Gasteiger charge is -2.37. The molecule has 270 valence electrons. The van der Waals surface area contributed by atoms with Crippen molar-refractivity contribution in [3.8, 4) is 11.4 Å². The maximum absolute atomic E-state index is 12.8. The van der Waals surface area contributed by atoms with Crippen LogP contribution in [0, 0.1) is 0 Å². The van der Waals surface area contributed by atoms with Gasteiger partial charge < -0.3 is 29.1 Å². The molecular formula is C36H42Cl2N8O5. The minimum atomic E-state index is -1.16. The Morgan fingerprint density at radius 3 is 2.18 bits per heavy atom. The van der Waals surface area contributed by atoms with Crippen molar-refractivity contribution >= 4 is 34.6 Å². The minimum absolute atomic E-state index is 0.0645. The van der Waals surface area contributed by atoms with Crippen molar-refractivity contribution in [1.82, 2.24) is 29.1 Å². The Morgan fingerprint density at radius 1 is 0.922 bits per heavy atom. The summed E-state index contributed by atoms with van der Waals surface area (Å²) in [6.45, 7) is 8.48. The summed E-state index contributed by atoms with van der Waals surface area (Å²) in [5, 5.41) is 16.5. The standard InChI is InChI=1S/C35H38Cl2N8O4.CH4O/c1-3-25(2)45-34(46)44(24-40-45)29-7-5-27(6-8-29)41-14-16-42(17-15-41)28-9-11-30(12-10-28)47-19-31-20-48-35(49-31,21-43-23-38-22-39-43)32-13-4-26(36)18-33(32)37;1-2/h4-13,18,22-25,31H,3,14-17,19-21H2,1-2H3;2H,1H3/t25?,31-,35-;/m0./s1. The van der Waals surface area contributed by atoms with Gasteiger partial charge in [0.15, 0.2) is 0 Å². The summed E-state index contributed by atoms with van der Waals surface area (Å²) in [4.78, 5) is 21.6. The molecule has 2 aliphatic rings. The van der Waals surface area contributed by atoms with Crippen molar-refractivity contribution in [3.63, 3.8) is 0 Å². The van der Waals surface area contributed by atoms with Gasteiger partial charge in [0.05, 0.1) is 23.4 Å². The molecular weight excluding hydrogens is 695 g/mol. The third-order valence-corrected chi connectivity index (χ3v) is 9.70. The topological polar surface area (TPSA) is 125 Å². The lowest BCUT2D eigenvalue weighted by Crippen LogP contribution is -2.46. The van der Waals surface area contributed by atoms with Gasteiger partial charge in [-0.1, -0.05) is 36.2 Å². The first kappa shape index (κ1) is 36.4. The van der Waals surface area contributed by atoms with Gasteiger partial charge in [-0.3, -0.25) is 0 Å². The number of halogens is 2. The monoisotopic (exact) mass is 736 g/mol. The number of ether oxygens (including phenoxy) is 3. The van der Waals surface area contributed by atoms with E-state index in [1.807, 2.05) is 44.2 Å². The average Bonchev–Trinajstić information content (AvgIpc) is 3.93. The zero-order valence-corrected chi connectivity index (χ0v) is 30.3. The van der Waals surface area contributed by atoms with E-state index in [1.165, 1.54) is 11.0 Å². The number of hydrogen-bond donors (Lipinski definition) is 1. The van der Waals surface area contributed by atoms with E-state index in [2.05, 4.69) is 49.2 Å². The molecule has 3 atom stereocenters. The number of aromatic nitrogens is 6. The van der Waals surface area contributed by atoms with Crippen molar-refractivity contribution in [1.29, 1.82) is 0 Å². The Labute approximate surface area is 306 Å². The van der Waals surface area contributed by atoms with Gasteiger partial charge in [0.1, 0.15) is 44.0 Å². The fourth-order valence-corrected chi connectivity index (χ4v) is 6.79.